The van der Waals surface area contributed by atoms with Gasteiger partial charge in [0.25, 0.3) is 0 Å². The summed E-state index contributed by atoms with van der Waals surface area (Å²) in [7, 11) is 0. The van der Waals surface area contributed by atoms with Crippen molar-refractivity contribution in [3.63, 3.8) is 0 Å². The van der Waals surface area contributed by atoms with Crippen molar-refractivity contribution in [2.45, 2.75) is 25.5 Å². The van der Waals surface area contributed by atoms with E-state index in [1.807, 2.05) is 0 Å². The van der Waals surface area contributed by atoms with Crippen LogP contribution in [0.3, 0.4) is 0 Å². The molecule has 2 aromatic rings. The van der Waals surface area contributed by atoms with Crippen LogP contribution in [0.5, 0.6) is 0 Å². The first-order valence-corrected chi connectivity index (χ1v) is 7.15. The minimum absolute atomic E-state index is 0.0344. The molecule has 1 unspecified atom stereocenters. The van der Waals surface area contributed by atoms with Crippen molar-refractivity contribution in [2.24, 2.45) is 0 Å². The van der Waals surface area contributed by atoms with E-state index in [1.165, 1.54) is 13.0 Å². The van der Waals surface area contributed by atoms with E-state index in [2.05, 4.69) is 5.10 Å². The zero-order chi connectivity index (χ0) is 17.3. The van der Waals surface area contributed by atoms with Crippen LogP contribution >= 0.6 is 23.2 Å². The SMILES string of the molecule is Cc1nn(-c2cc(CC(Cl)C(=O)O)c(Cl)cc2F)c(=O)n1CF. The van der Waals surface area contributed by atoms with Crippen molar-refractivity contribution < 1.29 is 18.7 Å². The maximum atomic E-state index is 14.1. The second-order valence-corrected chi connectivity index (χ2v) is 5.63. The second-order valence-electron chi connectivity index (χ2n) is 4.69. The van der Waals surface area contributed by atoms with Gasteiger partial charge in [0.05, 0.1) is 0 Å². The minimum atomic E-state index is -1.27. The lowest BCUT2D eigenvalue weighted by Gasteiger charge is -2.10. The zero-order valence-corrected chi connectivity index (χ0v) is 13.3. The van der Waals surface area contributed by atoms with Crippen molar-refractivity contribution in [3.05, 3.63) is 44.8 Å². The first-order chi connectivity index (χ1) is 10.8. The molecule has 1 aromatic heterocycles. The molecule has 0 saturated heterocycles. The molecule has 0 fully saturated rings. The van der Waals surface area contributed by atoms with Crippen LogP contribution in [0.4, 0.5) is 8.78 Å². The van der Waals surface area contributed by atoms with Crippen LogP contribution in [0.2, 0.25) is 5.02 Å². The largest absolute Gasteiger partial charge is 0.480 e. The molecular formula is C13H11Cl2F2N3O3. The minimum Gasteiger partial charge on any atom is -0.480 e. The van der Waals surface area contributed by atoms with Gasteiger partial charge in [0, 0.05) is 11.4 Å². The summed E-state index contributed by atoms with van der Waals surface area (Å²) in [6.07, 6.45) is -0.180. The Kier molecular flexibility index (Phi) is 5.06. The van der Waals surface area contributed by atoms with E-state index in [9.17, 15) is 18.4 Å². The molecule has 0 radical (unpaired) electrons. The normalized spacial score (nSPS) is 12.4. The lowest BCUT2D eigenvalue weighted by Crippen LogP contribution is -2.24. The van der Waals surface area contributed by atoms with Gasteiger partial charge in [0.15, 0.2) is 12.6 Å². The third-order valence-corrected chi connectivity index (χ3v) is 3.87. The first kappa shape index (κ1) is 17.4. The highest BCUT2D eigenvalue weighted by Crippen LogP contribution is 2.25. The number of benzene rings is 1. The molecule has 0 aliphatic heterocycles. The lowest BCUT2D eigenvalue weighted by atomic mass is 10.1. The topological polar surface area (TPSA) is 77.1 Å². The molecule has 6 nitrogen and oxygen atoms in total. The third kappa shape index (κ3) is 3.37. The fraction of sp³-hybridized carbons (Fsp3) is 0.308. The van der Waals surface area contributed by atoms with E-state index in [1.54, 1.807) is 0 Å². The maximum Gasteiger partial charge on any atom is 0.353 e. The molecule has 124 valence electrons. The Labute approximate surface area is 138 Å². The quantitative estimate of drug-likeness (QED) is 0.824. The van der Waals surface area contributed by atoms with Crippen LogP contribution in [0, 0.1) is 12.7 Å². The number of aliphatic carboxylic acids is 1. The molecule has 23 heavy (non-hydrogen) atoms. The number of rotatable bonds is 5. The average Bonchev–Trinajstić information content (AvgIpc) is 2.75. The van der Waals surface area contributed by atoms with E-state index in [-0.39, 0.29) is 28.5 Å². The van der Waals surface area contributed by atoms with Gasteiger partial charge in [-0.1, -0.05) is 11.6 Å². The van der Waals surface area contributed by atoms with Crippen molar-refractivity contribution in [3.8, 4) is 5.69 Å². The van der Waals surface area contributed by atoms with Crippen LogP contribution in [0.1, 0.15) is 11.4 Å². The van der Waals surface area contributed by atoms with Gasteiger partial charge >= 0.3 is 11.7 Å². The summed E-state index contributed by atoms with van der Waals surface area (Å²) in [5.74, 6) is -2.05. The zero-order valence-electron chi connectivity index (χ0n) is 11.8. The van der Waals surface area contributed by atoms with Gasteiger partial charge in [-0.05, 0) is 24.6 Å². The molecule has 1 N–H and O–H groups in total. The van der Waals surface area contributed by atoms with E-state index in [0.29, 0.717) is 4.68 Å². The number of aryl methyl sites for hydroxylation is 1. The highest BCUT2D eigenvalue weighted by molar-refractivity contribution is 6.32. The van der Waals surface area contributed by atoms with Crippen molar-refractivity contribution >= 4 is 29.2 Å². The van der Waals surface area contributed by atoms with Crippen LogP contribution in [-0.2, 0) is 18.0 Å². The summed E-state index contributed by atoms with van der Waals surface area (Å²) in [4.78, 5) is 22.8. The maximum absolute atomic E-state index is 14.1. The van der Waals surface area contributed by atoms with Crippen LogP contribution in [0.15, 0.2) is 16.9 Å². The summed E-state index contributed by atoms with van der Waals surface area (Å²) in [6, 6.07) is 2.10. The van der Waals surface area contributed by atoms with Gasteiger partial charge in [-0.2, -0.15) is 9.78 Å². The van der Waals surface area contributed by atoms with Crippen LogP contribution in [0.25, 0.3) is 5.69 Å². The fourth-order valence-electron chi connectivity index (χ4n) is 1.97. The highest BCUT2D eigenvalue weighted by Gasteiger charge is 2.20. The van der Waals surface area contributed by atoms with Gasteiger partial charge in [-0.15, -0.1) is 11.6 Å². The van der Waals surface area contributed by atoms with E-state index < -0.39 is 29.7 Å². The summed E-state index contributed by atoms with van der Waals surface area (Å²) < 4.78 is 28.3. The number of carbonyl (C=O) groups is 1. The predicted octanol–water partition coefficient (Wildman–Crippen LogP) is 2.30. The van der Waals surface area contributed by atoms with Gasteiger partial charge in [-0.25, -0.2) is 18.1 Å². The van der Waals surface area contributed by atoms with Crippen molar-refractivity contribution in [1.29, 1.82) is 0 Å². The Hall–Kier alpha value is -1.93. The highest BCUT2D eigenvalue weighted by atomic mass is 35.5. The summed E-state index contributed by atoms with van der Waals surface area (Å²) >= 11 is 11.5. The number of hydrogen-bond acceptors (Lipinski definition) is 3. The molecule has 0 amide bonds. The van der Waals surface area contributed by atoms with Crippen molar-refractivity contribution in [1.82, 2.24) is 14.3 Å². The third-order valence-electron chi connectivity index (χ3n) is 3.18. The molecule has 10 heteroatoms. The molecule has 0 spiro atoms. The Bertz CT molecular complexity index is 820. The number of nitrogens with zero attached hydrogens (tertiary/aromatic N) is 3. The Balaban J connectivity index is 2.56. The van der Waals surface area contributed by atoms with E-state index in [0.717, 1.165) is 10.6 Å². The summed E-state index contributed by atoms with van der Waals surface area (Å²) in [6.45, 7) is 0.293. The average molecular weight is 366 g/mol. The number of aromatic nitrogens is 3. The van der Waals surface area contributed by atoms with Crippen molar-refractivity contribution in [2.75, 3.05) is 0 Å². The van der Waals surface area contributed by atoms with Crippen LogP contribution in [-0.4, -0.2) is 30.8 Å². The van der Waals surface area contributed by atoms with Gasteiger partial charge in [-0.3, -0.25) is 4.79 Å². The Morgan fingerprint density at radius 1 is 1.48 bits per heavy atom. The molecule has 0 saturated carbocycles. The molecule has 0 aliphatic carbocycles. The summed E-state index contributed by atoms with van der Waals surface area (Å²) in [5, 5.41) is 11.3. The fourth-order valence-corrected chi connectivity index (χ4v) is 2.36. The molecule has 1 atom stereocenters. The smallest absolute Gasteiger partial charge is 0.353 e. The number of carboxylic acids is 1. The molecule has 0 aliphatic rings. The van der Waals surface area contributed by atoms with Crippen LogP contribution < -0.4 is 5.69 Å². The lowest BCUT2D eigenvalue weighted by molar-refractivity contribution is -0.136. The van der Waals surface area contributed by atoms with Gasteiger partial charge in [0.1, 0.15) is 16.9 Å². The predicted molar refractivity (Wildman–Crippen MR) is 79.6 cm³/mol. The molecule has 1 aromatic carbocycles. The van der Waals surface area contributed by atoms with Gasteiger partial charge < -0.3 is 5.11 Å². The number of halogens is 4. The Morgan fingerprint density at radius 2 is 2.13 bits per heavy atom. The molecular weight excluding hydrogens is 355 g/mol. The monoisotopic (exact) mass is 365 g/mol. The molecule has 1 heterocycles. The second kappa shape index (κ2) is 6.67. The number of carboxylic acid groups (broad SMARTS) is 1. The molecule has 0 bridgehead atoms. The van der Waals surface area contributed by atoms with Gasteiger partial charge in [0.2, 0.25) is 0 Å². The standard InChI is InChI=1S/C13H11Cl2F2N3O3/c1-6-18-20(13(23)19(6)5-16)11-3-7(2-9(15)12(21)22)8(14)4-10(11)17/h3-4,9H,2,5H2,1H3,(H,21,22). The first-order valence-electron chi connectivity index (χ1n) is 6.33. The Morgan fingerprint density at radius 3 is 2.65 bits per heavy atom. The molecule has 2 rings (SSSR count). The van der Waals surface area contributed by atoms with E-state index >= 15 is 0 Å². The number of hydrogen-bond donors (Lipinski definition) is 1. The number of alkyl halides is 2. The summed E-state index contributed by atoms with van der Waals surface area (Å²) in [5.41, 5.74) is -0.901. The van der Waals surface area contributed by atoms with E-state index in [4.69, 9.17) is 28.3 Å².